The van der Waals surface area contributed by atoms with Gasteiger partial charge in [-0.3, -0.25) is 4.79 Å². The third kappa shape index (κ3) is 7.13. The summed E-state index contributed by atoms with van der Waals surface area (Å²) in [6, 6.07) is 14.9. The fraction of sp³-hybridized carbons (Fsp3) is 0.500. The van der Waals surface area contributed by atoms with Crippen LogP contribution in [0, 0.1) is 0 Å². The van der Waals surface area contributed by atoms with Gasteiger partial charge in [-0.2, -0.15) is 0 Å². The maximum absolute atomic E-state index is 14.0. The molecule has 1 amide bonds. The summed E-state index contributed by atoms with van der Waals surface area (Å²) >= 11 is 12.6. The summed E-state index contributed by atoms with van der Waals surface area (Å²) in [5, 5.41) is 1.27. The molecule has 37 heavy (non-hydrogen) atoms. The predicted molar refractivity (Wildman–Crippen MR) is 159 cm³/mol. The van der Waals surface area contributed by atoms with Crippen molar-refractivity contribution in [3.63, 3.8) is 0 Å². The third-order valence-electron chi connectivity index (χ3n) is 7.41. The number of amides is 1. The van der Waals surface area contributed by atoms with E-state index < -0.39 is 22.2 Å². The molecule has 3 rings (SSSR count). The first kappa shape index (κ1) is 30.0. The molecule has 204 valence electrons. The standard InChI is InChI=1S/C30H41Cl2NO3S/c1-8-11-26-29(34)33(25(9-2)19-35-20-37(6,7)30(3,4)5)27(21-14-16-23(31)17-15-21)28(36-26)22-12-10-13-24(32)18-22/h8,10,12-18,25-28H,1,9,11,19-20H2,2-7H3. The highest BCUT2D eigenvalue weighted by molar-refractivity contribution is 8.33. The van der Waals surface area contributed by atoms with Crippen LogP contribution < -0.4 is 0 Å². The SMILES string of the molecule is C=CCC1OC(c2cccc(Cl)c2)C(c2ccc(Cl)cc2)N(C(CC)COCS(C)(C)C(C)(C)C)C1=O. The summed E-state index contributed by atoms with van der Waals surface area (Å²) in [5.74, 6) is 0.640. The van der Waals surface area contributed by atoms with E-state index in [1.165, 1.54) is 0 Å². The van der Waals surface area contributed by atoms with Gasteiger partial charge >= 0.3 is 0 Å². The average Bonchev–Trinajstić information content (AvgIpc) is 2.83. The Hall–Kier alpha value is -1.50. The second-order valence-electron chi connectivity index (χ2n) is 11.1. The Kier molecular flexibility index (Phi) is 10.2. The topological polar surface area (TPSA) is 38.8 Å². The number of morpholine rings is 1. The van der Waals surface area contributed by atoms with Gasteiger partial charge in [-0.1, -0.05) is 81.2 Å². The van der Waals surface area contributed by atoms with Crippen LogP contribution in [0.2, 0.25) is 10.0 Å². The summed E-state index contributed by atoms with van der Waals surface area (Å²) in [6.45, 7) is 13.2. The first-order valence-corrected chi connectivity index (χ1v) is 16.1. The highest BCUT2D eigenvalue weighted by Gasteiger charge is 2.46. The molecular formula is C30H41Cl2NO3S. The summed E-state index contributed by atoms with van der Waals surface area (Å²) < 4.78 is 13.1. The number of carbonyl (C=O) groups excluding carboxylic acids is 1. The molecule has 0 saturated carbocycles. The van der Waals surface area contributed by atoms with Crippen LogP contribution in [0.5, 0.6) is 0 Å². The molecule has 4 atom stereocenters. The minimum absolute atomic E-state index is 0.0454. The first-order chi connectivity index (χ1) is 17.4. The van der Waals surface area contributed by atoms with Crippen LogP contribution in [-0.2, 0) is 14.3 Å². The van der Waals surface area contributed by atoms with Crippen molar-refractivity contribution in [3.8, 4) is 0 Å². The molecule has 1 fully saturated rings. The minimum atomic E-state index is -0.987. The Morgan fingerprint density at radius 2 is 1.78 bits per heavy atom. The van der Waals surface area contributed by atoms with Gasteiger partial charge in [0.2, 0.25) is 0 Å². The zero-order chi connectivity index (χ0) is 27.4. The first-order valence-electron chi connectivity index (χ1n) is 12.8. The van der Waals surface area contributed by atoms with Gasteiger partial charge in [0.15, 0.2) is 0 Å². The van der Waals surface area contributed by atoms with Crippen LogP contribution in [0.25, 0.3) is 0 Å². The van der Waals surface area contributed by atoms with E-state index in [0.29, 0.717) is 29.0 Å². The summed E-state index contributed by atoms with van der Waals surface area (Å²) in [6.07, 6.45) is 6.50. The fourth-order valence-corrected chi connectivity index (χ4v) is 5.57. The monoisotopic (exact) mass is 565 g/mol. The highest BCUT2D eigenvalue weighted by atomic mass is 35.5. The molecule has 1 saturated heterocycles. The minimum Gasteiger partial charge on any atom is -0.370 e. The molecule has 4 unspecified atom stereocenters. The lowest BCUT2D eigenvalue weighted by molar-refractivity contribution is -0.181. The molecule has 4 nitrogen and oxygen atoms in total. The van der Waals surface area contributed by atoms with Crippen molar-refractivity contribution >= 4 is 39.1 Å². The number of carbonyl (C=O) groups is 1. The molecule has 2 aromatic rings. The zero-order valence-electron chi connectivity index (χ0n) is 22.9. The van der Waals surface area contributed by atoms with Crippen LogP contribution in [0.15, 0.2) is 61.2 Å². The van der Waals surface area contributed by atoms with Gasteiger partial charge in [-0.15, -0.1) is 6.58 Å². The van der Waals surface area contributed by atoms with E-state index >= 15 is 0 Å². The quantitative estimate of drug-likeness (QED) is 0.272. The van der Waals surface area contributed by atoms with Gasteiger partial charge in [0, 0.05) is 16.5 Å². The van der Waals surface area contributed by atoms with Crippen molar-refractivity contribution in [2.24, 2.45) is 0 Å². The van der Waals surface area contributed by atoms with Crippen molar-refractivity contribution < 1.29 is 14.3 Å². The molecule has 1 aliphatic heterocycles. The number of nitrogens with zero attached hydrogens (tertiary/aromatic N) is 1. The predicted octanol–water partition coefficient (Wildman–Crippen LogP) is 8.19. The van der Waals surface area contributed by atoms with Crippen molar-refractivity contribution in [2.75, 3.05) is 25.1 Å². The molecule has 7 heteroatoms. The second-order valence-corrected chi connectivity index (χ2v) is 16.5. The van der Waals surface area contributed by atoms with Crippen molar-refractivity contribution in [1.29, 1.82) is 0 Å². The van der Waals surface area contributed by atoms with E-state index in [-0.39, 0.29) is 22.7 Å². The average molecular weight is 567 g/mol. The Balaban J connectivity index is 2.04. The molecule has 0 aliphatic carbocycles. The fourth-order valence-electron chi connectivity index (χ4n) is 4.38. The van der Waals surface area contributed by atoms with E-state index in [4.69, 9.17) is 32.7 Å². The Bertz CT molecular complexity index is 1070. The summed E-state index contributed by atoms with van der Waals surface area (Å²) in [4.78, 5) is 16.0. The van der Waals surface area contributed by atoms with Gasteiger partial charge in [0.1, 0.15) is 12.2 Å². The Morgan fingerprint density at radius 1 is 1.11 bits per heavy atom. The summed E-state index contributed by atoms with van der Waals surface area (Å²) in [7, 11) is -0.987. The number of ether oxygens (including phenoxy) is 2. The van der Waals surface area contributed by atoms with Crippen LogP contribution in [0.1, 0.15) is 63.8 Å². The van der Waals surface area contributed by atoms with E-state index in [0.717, 1.165) is 17.5 Å². The van der Waals surface area contributed by atoms with E-state index in [1.54, 1.807) is 6.08 Å². The number of halogens is 2. The normalized spacial score (nSPS) is 22.1. The molecule has 0 aromatic heterocycles. The number of hydrogen-bond donors (Lipinski definition) is 0. The lowest BCUT2D eigenvalue weighted by Gasteiger charge is -2.48. The molecule has 0 bridgehead atoms. The number of benzene rings is 2. The van der Waals surface area contributed by atoms with Gasteiger partial charge in [-0.25, -0.2) is 10.0 Å². The molecule has 2 aromatic carbocycles. The molecule has 0 radical (unpaired) electrons. The van der Waals surface area contributed by atoms with Crippen molar-refractivity contribution in [1.82, 2.24) is 4.90 Å². The molecular weight excluding hydrogens is 525 g/mol. The van der Waals surface area contributed by atoms with Crippen molar-refractivity contribution in [2.45, 2.75) is 69.6 Å². The largest absolute Gasteiger partial charge is 0.370 e. The van der Waals surface area contributed by atoms with E-state index in [1.807, 2.05) is 53.4 Å². The van der Waals surface area contributed by atoms with Crippen LogP contribution in [-0.4, -0.2) is 52.8 Å². The van der Waals surface area contributed by atoms with Crippen LogP contribution in [0.3, 0.4) is 0 Å². The second kappa shape index (κ2) is 12.6. The van der Waals surface area contributed by atoms with E-state index in [2.05, 4.69) is 46.8 Å². The van der Waals surface area contributed by atoms with Gasteiger partial charge in [0.05, 0.1) is 24.6 Å². The number of rotatable bonds is 10. The lowest BCUT2D eigenvalue weighted by Crippen LogP contribution is -2.55. The lowest BCUT2D eigenvalue weighted by atomic mass is 9.89. The Labute approximate surface area is 234 Å². The maximum atomic E-state index is 14.0. The smallest absolute Gasteiger partial charge is 0.253 e. The van der Waals surface area contributed by atoms with Gasteiger partial charge in [0.25, 0.3) is 5.91 Å². The zero-order valence-corrected chi connectivity index (χ0v) is 25.2. The third-order valence-corrected chi connectivity index (χ3v) is 12.0. The van der Waals surface area contributed by atoms with Gasteiger partial charge in [-0.05, 0) is 59.1 Å². The summed E-state index contributed by atoms with van der Waals surface area (Å²) in [5.41, 5.74) is 1.88. The highest BCUT2D eigenvalue weighted by Crippen LogP contribution is 2.52. The number of hydrogen-bond acceptors (Lipinski definition) is 3. The Morgan fingerprint density at radius 3 is 2.35 bits per heavy atom. The molecule has 0 spiro atoms. The van der Waals surface area contributed by atoms with E-state index in [9.17, 15) is 4.79 Å². The molecule has 0 N–H and O–H groups in total. The van der Waals surface area contributed by atoms with Crippen LogP contribution in [0.4, 0.5) is 0 Å². The molecule has 1 heterocycles. The van der Waals surface area contributed by atoms with Crippen LogP contribution >= 0.6 is 33.2 Å². The van der Waals surface area contributed by atoms with Crippen molar-refractivity contribution in [3.05, 3.63) is 82.4 Å². The van der Waals surface area contributed by atoms with Gasteiger partial charge < -0.3 is 14.4 Å². The molecule has 1 aliphatic rings. The maximum Gasteiger partial charge on any atom is 0.253 e.